The smallest absolute Gasteiger partial charge is 0.416 e. The first-order valence-corrected chi connectivity index (χ1v) is 9.10. The second-order valence-electron chi connectivity index (χ2n) is 6.73. The van der Waals surface area contributed by atoms with E-state index in [0.29, 0.717) is 0 Å². The Morgan fingerprint density at radius 3 is 2.61 bits per heavy atom. The molecule has 1 aliphatic rings. The van der Waals surface area contributed by atoms with Crippen LogP contribution in [0.4, 0.5) is 18.9 Å². The van der Waals surface area contributed by atoms with Crippen molar-refractivity contribution in [1.29, 1.82) is 0 Å². The van der Waals surface area contributed by atoms with E-state index in [-0.39, 0.29) is 31.1 Å². The minimum absolute atomic E-state index is 0.00270. The van der Waals surface area contributed by atoms with E-state index in [1.807, 2.05) is 18.2 Å². The Labute approximate surface area is 161 Å². The molecule has 7 heteroatoms. The highest BCUT2D eigenvalue weighted by Crippen LogP contribution is 2.35. The van der Waals surface area contributed by atoms with Crippen LogP contribution in [0.5, 0.6) is 5.75 Å². The maximum atomic E-state index is 13.0. The highest BCUT2D eigenvalue weighted by Gasteiger charge is 2.31. The van der Waals surface area contributed by atoms with Crippen molar-refractivity contribution in [3.05, 3.63) is 58.7 Å². The molecule has 1 N–H and O–H groups in total. The van der Waals surface area contributed by atoms with Crippen LogP contribution in [0.2, 0.25) is 0 Å². The van der Waals surface area contributed by atoms with Crippen LogP contribution in [-0.2, 0) is 35.0 Å². The summed E-state index contributed by atoms with van der Waals surface area (Å²) in [6, 6.07) is 8.95. The molecule has 0 saturated carbocycles. The van der Waals surface area contributed by atoms with Gasteiger partial charge in [0.15, 0.2) is 0 Å². The topological polar surface area (TPSA) is 47.6 Å². The summed E-state index contributed by atoms with van der Waals surface area (Å²) in [5, 5.41) is 2.56. The van der Waals surface area contributed by atoms with Gasteiger partial charge >= 0.3 is 6.18 Å². The first kappa shape index (κ1) is 20.2. The number of fused-ring (bicyclic) bond motifs is 1. The number of carbonyl (C=O) groups excluding carboxylic acids is 1. The fourth-order valence-electron chi connectivity index (χ4n) is 3.28. The van der Waals surface area contributed by atoms with Gasteiger partial charge in [0.25, 0.3) is 0 Å². The molecular formula is C21H22F3NO3. The SMILES string of the molecule is COCCOc1ccc(C(F)(F)F)cc1NC(=O)Cc1ccc2c(c1)CCC2. The lowest BCUT2D eigenvalue weighted by Gasteiger charge is -2.15. The Morgan fingerprint density at radius 2 is 1.86 bits per heavy atom. The van der Waals surface area contributed by atoms with E-state index >= 15 is 0 Å². The summed E-state index contributed by atoms with van der Waals surface area (Å²) in [7, 11) is 1.50. The van der Waals surface area contributed by atoms with Crippen LogP contribution in [0.15, 0.2) is 36.4 Å². The lowest BCUT2D eigenvalue weighted by Crippen LogP contribution is -2.17. The monoisotopic (exact) mass is 393 g/mol. The number of anilines is 1. The number of hydrogen-bond acceptors (Lipinski definition) is 3. The van der Waals surface area contributed by atoms with Gasteiger partial charge in [-0.25, -0.2) is 0 Å². The highest BCUT2D eigenvalue weighted by atomic mass is 19.4. The summed E-state index contributed by atoms with van der Waals surface area (Å²) >= 11 is 0. The summed E-state index contributed by atoms with van der Waals surface area (Å²) in [5.74, 6) is -0.221. The minimum Gasteiger partial charge on any atom is -0.489 e. The van der Waals surface area contributed by atoms with Gasteiger partial charge in [0.1, 0.15) is 12.4 Å². The van der Waals surface area contributed by atoms with Gasteiger partial charge in [-0.1, -0.05) is 18.2 Å². The highest BCUT2D eigenvalue weighted by molar-refractivity contribution is 5.93. The predicted octanol–water partition coefficient (Wildman–Crippen LogP) is 4.40. The molecule has 0 spiro atoms. The van der Waals surface area contributed by atoms with Crippen LogP contribution in [0.25, 0.3) is 0 Å². The largest absolute Gasteiger partial charge is 0.489 e. The molecule has 0 bridgehead atoms. The quantitative estimate of drug-likeness (QED) is 0.710. The number of benzene rings is 2. The van der Waals surface area contributed by atoms with E-state index in [4.69, 9.17) is 9.47 Å². The predicted molar refractivity (Wildman–Crippen MR) is 99.6 cm³/mol. The number of amides is 1. The van der Waals surface area contributed by atoms with E-state index in [1.54, 1.807) is 0 Å². The van der Waals surface area contributed by atoms with Crippen LogP contribution >= 0.6 is 0 Å². The normalized spacial score (nSPS) is 13.3. The van der Waals surface area contributed by atoms with Gasteiger partial charge in [-0.05, 0) is 54.2 Å². The molecule has 0 fully saturated rings. The number of ether oxygens (including phenoxy) is 2. The molecular weight excluding hydrogens is 371 g/mol. The van der Waals surface area contributed by atoms with E-state index in [0.717, 1.165) is 37.0 Å². The summed E-state index contributed by atoms with van der Waals surface area (Å²) in [6.07, 6.45) is -1.27. The molecule has 28 heavy (non-hydrogen) atoms. The third-order valence-corrected chi connectivity index (χ3v) is 4.65. The van der Waals surface area contributed by atoms with Gasteiger partial charge in [0.05, 0.1) is 24.3 Å². The van der Waals surface area contributed by atoms with Gasteiger partial charge < -0.3 is 14.8 Å². The lowest BCUT2D eigenvalue weighted by molar-refractivity contribution is -0.137. The Hall–Kier alpha value is -2.54. The van der Waals surface area contributed by atoms with Crippen molar-refractivity contribution in [1.82, 2.24) is 0 Å². The van der Waals surface area contributed by atoms with E-state index in [9.17, 15) is 18.0 Å². The molecule has 3 rings (SSSR count). The summed E-state index contributed by atoms with van der Waals surface area (Å²) < 4.78 is 49.5. The number of rotatable bonds is 7. The standard InChI is InChI=1S/C21H22F3NO3/c1-27-9-10-28-19-8-7-17(21(22,23)24)13-18(19)25-20(26)12-14-5-6-15-3-2-4-16(15)11-14/h5-8,11,13H,2-4,9-10,12H2,1H3,(H,25,26). The van der Waals surface area contributed by atoms with Gasteiger partial charge in [-0.2, -0.15) is 13.2 Å². The zero-order valence-electron chi connectivity index (χ0n) is 15.6. The summed E-state index contributed by atoms with van der Waals surface area (Å²) in [6.45, 7) is 0.444. The molecule has 0 radical (unpaired) electrons. The fraction of sp³-hybridized carbons (Fsp3) is 0.381. The first-order valence-electron chi connectivity index (χ1n) is 9.10. The third-order valence-electron chi connectivity index (χ3n) is 4.65. The number of hydrogen-bond donors (Lipinski definition) is 1. The van der Waals surface area contributed by atoms with Crippen molar-refractivity contribution in [2.75, 3.05) is 25.6 Å². The number of halogens is 3. The van der Waals surface area contributed by atoms with Gasteiger partial charge in [0.2, 0.25) is 5.91 Å². The number of aryl methyl sites for hydroxylation is 2. The van der Waals surface area contributed by atoms with Crippen molar-refractivity contribution in [2.45, 2.75) is 31.9 Å². The van der Waals surface area contributed by atoms with Crippen molar-refractivity contribution >= 4 is 11.6 Å². The second kappa shape index (κ2) is 8.65. The van der Waals surface area contributed by atoms with E-state index in [2.05, 4.69) is 5.32 Å². The molecule has 4 nitrogen and oxygen atoms in total. The Kier molecular flexibility index (Phi) is 6.24. The zero-order chi connectivity index (χ0) is 20.1. The number of alkyl halides is 3. The molecule has 150 valence electrons. The molecule has 0 unspecified atom stereocenters. The average molecular weight is 393 g/mol. The zero-order valence-corrected chi connectivity index (χ0v) is 15.6. The van der Waals surface area contributed by atoms with E-state index in [1.165, 1.54) is 24.3 Å². The van der Waals surface area contributed by atoms with Gasteiger partial charge in [-0.3, -0.25) is 4.79 Å². The van der Waals surface area contributed by atoms with Crippen molar-refractivity contribution in [3.8, 4) is 5.75 Å². The van der Waals surface area contributed by atoms with Crippen LogP contribution < -0.4 is 10.1 Å². The number of carbonyl (C=O) groups is 1. The third kappa shape index (κ3) is 5.04. The summed E-state index contributed by atoms with van der Waals surface area (Å²) in [5.41, 5.74) is 2.53. The van der Waals surface area contributed by atoms with Crippen molar-refractivity contribution < 1.29 is 27.4 Å². The maximum absolute atomic E-state index is 13.0. The molecule has 2 aromatic rings. The fourth-order valence-corrected chi connectivity index (χ4v) is 3.28. The number of methoxy groups -OCH3 is 1. The molecule has 2 aromatic carbocycles. The Bertz CT molecular complexity index is 849. The average Bonchev–Trinajstić information content (AvgIpc) is 3.10. The first-order chi connectivity index (χ1) is 13.4. The lowest BCUT2D eigenvalue weighted by atomic mass is 10.0. The second-order valence-corrected chi connectivity index (χ2v) is 6.73. The van der Waals surface area contributed by atoms with Crippen LogP contribution in [-0.4, -0.2) is 26.2 Å². The van der Waals surface area contributed by atoms with Crippen LogP contribution in [0.1, 0.15) is 28.7 Å². The van der Waals surface area contributed by atoms with E-state index < -0.39 is 17.6 Å². The molecule has 0 atom stereocenters. The van der Waals surface area contributed by atoms with Gasteiger partial charge in [0, 0.05) is 7.11 Å². The van der Waals surface area contributed by atoms with Crippen molar-refractivity contribution in [3.63, 3.8) is 0 Å². The van der Waals surface area contributed by atoms with Gasteiger partial charge in [-0.15, -0.1) is 0 Å². The molecule has 1 amide bonds. The molecule has 0 heterocycles. The minimum atomic E-state index is -4.51. The Balaban J connectivity index is 1.75. The molecule has 0 aliphatic heterocycles. The Morgan fingerprint density at radius 1 is 1.07 bits per heavy atom. The molecule has 0 aromatic heterocycles. The number of nitrogens with one attached hydrogen (secondary N) is 1. The molecule has 0 saturated heterocycles. The van der Waals surface area contributed by atoms with Crippen LogP contribution in [0.3, 0.4) is 0 Å². The molecule has 1 aliphatic carbocycles. The van der Waals surface area contributed by atoms with Crippen molar-refractivity contribution in [2.24, 2.45) is 0 Å². The van der Waals surface area contributed by atoms with Crippen LogP contribution in [0, 0.1) is 0 Å². The summed E-state index contributed by atoms with van der Waals surface area (Å²) in [4.78, 5) is 12.5. The maximum Gasteiger partial charge on any atom is 0.416 e.